The molecule has 2 bridgehead atoms. The Kier molecular flexibility index (Phi) is 17.0. The van der Waals surface area contributed by atoms with Gasteiger partial charge in [-0.1, -0.05) is 50.6 Å². The Bertz CT molecular complexity index is 998. The van der Waals surface area contributed by atoms with Gasteiger partial charge < -0.3 is 21.4 Å². The number of nitrogens with two attached hydrogens (primary N) is 2. The van der Waals surface area contributed by atoms with Crippen LogP contribution in [0.3, 0.4) is 0 Å². The largest absolute Gasteiger partial charge is 0.398 e. The second kappa shape index (κ2) is 18.5. The number of pyridine rings is 1. The van der Waals surface area contributed by atoms with Crippen molar-refractivity contribution in [1.29, 1.82) is 0 Å². The van der Waals surface area contributed by atoms with E-state index in [2.05, 4.69) is 16.5 Å². The van der Waals surface area contributed by atoms with Crippen LogP contribution in [-0.2, 0) is 0 Å². The quantitative estimate of drug-likeness (QED) is 0.377. The smallest absolute Gasteiger partial charge is 0.259 e. The number of fused-ring (bicyclic) bond motifs is 4. The van der Waals surface area contributed by atoms with Gasteiger partial charge in [-0.3, -0.25) is 4.79 Å². The van der Waals surface area contributed by atoms with Crippen LogP contribution in [-0.4, -0.2) is 29.5 Å². The summed E-state index contributed by atoms with van der Waals surface area (Å²) in [5.41, 5.74) is 16.1. The lowest BCUT2D eigenvalue weighted by Crippen LogP contribution is -2.41. The van der Waals surface area contributed by atoms with Crippen molar-refractivity contribution in [1.82, 2.24) is 9.88 Å². The summed E-state index contributed by atoms with van der Waals surface area (Å²) < 4.78 is 0. The number of benzene rings is 1. The Hall–Kier alpha value is -2.79. The minimum atomic E-state index is -0.237. The molecular formula is C31H52N4O. The van der Waals surface area contributed by atoms with Gasteiger partial charge in [0.25, 0.3) is 5.56 Å². The third-order valence-corrected chi connectivity index (χ3v) is 6.36. The normalized spacial score (nSPS) is 18.2. The molecule has 1 aromatic carbocycles. The Morgan fingerprint density at radius 2 is 1.61 bits per heavy atom. The molecule has 0 aliphatic carbocycles. The first-order valence-electron chi connectivity index (χ1n) is 13.5. The number of nitrogens with one attached hydrogen (secondary N) is 1. The molecule has 4 heterocycles. The molecule has 3 saturated heterocycles. The number of nitrogens with zero attached hydrogens (tertiary/aromatic N) is 1. The zero-order chi connectivity index (χ0) is 27.7. The number of piperidine rings is 3. The number of hydrogen-bond acceptors (Lipinski definition) is 4. The van der Waals surface area contributed by atoms with Crippen LogP contribution in [0.5, 0.6) is 0 Å². The number of aromatic amines is 1. The first-order valence-corrected chi connectivity index (χ1v) is 13.5. The van der Waals surface area contributed by atoms with Crippen molar-refractivity contribution in [2.45, 2.75) is 81.1 Å². The summed E-state index contributed by atoms with van der Waals surface area (Å²) in [4.78, 5) is 17.6. The molecule has 0 atom stereocenters. The molecule has 0 spiro atoms. The molecule has 5 N–H and O–H groups in total. The SMILES string of the molecule is C/C=C/C.C1CN2CCC1CC2.C=CC.CC.CCC(C)=C(N)c1c(N)c2cc(C)ccc2[nH]c1=O. The third kappa shape index (κ3) is 10.4. The first-order chi connectivity index (χ1) is 17.2. The second-order valence-corrected chi connectivity index (χ2v) is 8.99. The van der Waals surface area contributed by atoms with E-state index in [9.17, 15) is 4.79 Å². The van der Waals surface area contributed by atoms with Crippen molar-refractivity contribution < 1.29 is 0 Å². The molecule has 0 radical (unpaired) electrons. The van der Waals surface area contributed by atoms with E-state index >= 15 is 0 Å². The van der Waals surface area contributed by atoms with E-state index in [1.165, 1.54) is 38.9 Å². The van der Waals surface area contributed by atoms with Gasteiger partial charge in [0.05, 0.1) is 16.8 Å². The molecule has 5 nitrogen and oxygen atoms in total. The maximum absolute atomic E-state index is 12.2. The van der Waals surface area contributed by atoms with Gasteiger partial charge in [-0.2, -0.15) is 0 Å². The van der Waals surface area contributed by atoms with Crippen LogP contribution < -0.4 is 17.0 Å². The van der Waals surface area contributed by atoms with E-state index in [1.807, 2.05) is 85.7 Å². The summed E-state index contributed by atoms with van der Waals surface area (Å²) in [6.45, 7) is 23.3. The average molecular weight is 497 g/mol. The number of rotatable bonds is 2. The van der Waals surface area contributed by atoms with E-state index < -0.39 is 0 Å². The van der Waals surface area contributed by atoms with Gasteiger partial charge in [0.2, 0.25) is 0 Å². The number of aryl methyl sites for hydroxylation is 1. The molecular weight excluding hydrogens is 444 g/mol. The molecule has 0 saturated carbocycles. The molecule has 202 valence electrons. The summed E-state index contributed by atoms with van der Waals surface area (Å²) in [5, 5.41) is 0.835. The van der Waals surface area contributed by atoms with Gasteiger partial charge in [0.15, 0.2) is 0 Å². The second-order valence-electron chi connectivity index (χ2n) is 8.99. The molecule has 3 aliphatic rings. The van der Waals surface area contributed by atoms with Crippen LogP contribution in [0.1, 0.15) is 85.3 Å². The van der Waals surface area contributed by atoms with Crippen LogP contribution >= 0.6 is 0 Å². The zero-order valence-corrected chi connectivity index (χ0v) is 24.2. The summed E-state index contributed by atoms with van der Waals surface area (Å²) in [7, 11) is 0. The highest BCUT2D eigenvalue weighted by molar-refractivity contribution is 5.96. The molecule has 5 rings (SSSR count). The van der Waals surface area contributed by atoms with Crippen molar-refractivity contribution in [3.8, 4) is 0 Å². The maximum Gasteiger partial charge on any atom is 0.259 e. The van der Waals surface area contributed by atoms with Crippen molar-refractivity contribution in [3.63, 3.8) is 0 Å². The molecule has 5 heteroatoms. The molecule has 1 aromatic heterocycles. The number of allylic oxidation sites excluding steroid dienone is 4. The van der Waals surface area contributed by atoms with Crippen molar-refractivity contribution in [3.05, 3.63) is 70.1 Å². The van der Waals surface area contributed by atoms with Gasteiger partial charge in [-0.15, -0.1) is 6.58 Å². The topological polar surface area (TPSA) is 88.1 Å². The molecule has 2 aromatic rings. The molecule has 0 unspecified atom stereocenters. The molecule has 3 fully saturated rings. The lowest BCUT2D eigenvalue weighted by Gasteiger charge is -2.38. The number of nitrogen functional groups attached to an aromatic ring is 1. The minimum Gasteiger partial charge on any atom is -0.398 e. The highest BCUT2D eigenvalue weighted by atomic mass is 16.1. The average Bonchev–Trinajstić information content (AvgIpc) is 2.92. The lowest BCUT2D eigenvalue weighted by atomic mass is 9.89. The van der Waals surface area contributed by atoms with E-state index in [4.69, 9.17) is 11.5 Å². The van der Waals surface area contributed by atoms with E-state index in [0.717, 1.165) is 34.4 Å². The Labute approximate surface area is 220 Å². The fourth-order valence-corrected chi connectivity index (χ4v) is 3.97. The van der Waals surface area contributed by atoms with Gasteiger partial charge >= 0.3 is 0 Å². The fourth-order valence-electron chi connectivity index (χ4n) is 3.97. The van der Waals surface area contributed by atoms with Crippen LogP contribution in [0.4, 0.5) is 5.69 Å². The first kappa shape index (κ1) is 33.2. The third-order valence-electron chi connectivity index (χ3n) is 6.36. The van der Waals surface area contributed by atoms with E-state index in [1.54, 1.807) is 6.08 Å². The van der Waals surface area contributed by atoms with E-state index in [-0.39, 0.29) is 5.56 Å². The fraction of sp³-hybridized carbons (Fsp3) is 0.516. The number of H-pyrrole nitrogens is 1. The monoisotopic (exact) mass is 496 g/mol. The van der Waals surface area contributed by atoms with E-state index in [0.29, 0.717) is 16.9 Å². The van der Waals surface area contributed by atoms with Crippen molar-refractivity contribution >= 4 is 22.3 Å². The lowest BCUT2D eigenvalue weighted by molar-refractivity contribution is 0.111. The number of aromatic nitrogens is 1. The summed E-state index contributed by atoms with van der Waals surface area (Å²) in [5.74, 6) is 1.11. The Balaban J connectivity index is 0.000000589. The maximum atomic E-state index is 12.2. The van der Waals surface area contributed by atoms with Gasteiger partial charge in [-0.05, 0) is 104 Å². The summed E-state index contributed by atoms with van der Waals surface area (Å²) >= 11 is 0. The van der Waals surface area contributed by atoms with Crippen molar-refractivity contribution in [2.75, 3.05) is 25.4 Å². The molecule has 36 heavy (non-hydrogen) atoms. The highest BCUT2D eigenvalue weighted by Crippen LogP contribution is 2.27. The standard InChI is InChI=1S/C15H19N3O.C7H13N.C4H8.C3H6.C2H6/c1-4-9(3)13(16)12-14(17)10-7-8(2)5-6-11(10)18-15(12)19;1-4-8-5-2-7(1)3-6-8;1-3-4-2;1-3-2;1-2/h5-7H,4,16H2,1-3H3,(H3,17,18,19);7H,1-6H2;3-4H,1-2H3;3H,1H2,2H3;1-2H3/b;;4-3+;;. The van der Waals surface area contributed by atoms with Crippen LogP contribution in [0.15, 0.2) is 53.4 Å². The predicted octanol–water partition coefficient (Wildman–Crippen LogP) is 7.42. The number of anilines is 1. The van der Waals surface area contributed by atoms with Crippen molar-refractivity contribution in [2.24, 2.45) is 11.7 Å². The zero-order valence-electron chi connectivity index (χ0n) is 24.2. The van der Waals surface area contributed by atoms with Gasteiger partial charge in [0, 0.05) is 11.1 Å². The highest BCUT2D eigenvalue weighted by Gasteiger charge is 2.24. The Morgan fingerprint density at radius 3 is 1.97 bits per heavy atom. The number of hydrogen-bond donors (Lipinski definition) is 3. The minimum absolute atomic E-state index is 0.237. The summed E-state index contributed by atoms with van der Waals surface area (Å²) in [6, 6.07) is 5.76. The Morgan fingerprint density at radius 1 is 1.11 bits per heavy atom. The predicted molar refractivity (Wildman–Crippen MR) is 162 cm³/mol. The van der Waals surface area contributed by atoms with Gasteiger partial charge in [0.1, 0.15) is 0 Å². The van der Waals surface area contributed by atoms with Crippen LogP contribution in [0.25, 0.3) is 16.6 Å². The molecule has 0 amide bonds. The van der Waals surface area contributed by atoms with Crippen LogP contribution in [0, 0.1) is 12.8 Å². The summed E-state index contributed by atoms with van der Waals surface area (Å²) in [6.07, 6.45) is 11.0. The molecule has 3 aliphatic heterocycles. The van der Waals surface area contributed by atoms with Crippen LogP contribution in [0.2, 0.25) is 0 Å². The van der Waals surface area contributed by atoms with Gasteiger partial charge in [-0.25, -0.2) is 0 Å².